The Kier molecular flexibility index (Phi) is 6.79. The van der Waals surface area contributed by atoms with E-state index in [0.717, 1.165) is 93.6 Å². The van der Waals surface area contributed by atoms with Gasteiger partial charge in [-0.1, -0.05) is 140 Å². The summed E-state index contributed by atoms with van der Waals surface area (Å²) in [5.74, 6) is 1.73. The normalized spacial score (nSPS) is 11.7. The minimum Gasteiger partial charge on any atom is -0.456 e. The van der Waals surface area contributed by atoms with Gasteiger partial charge in [0.2, 0.25) is 0 Å². The predicted octanol–water partition coefficient (Wildman–Crippen LogP) is 13.2. The molecule has 0 unspecified atom stereocenters. The van der Waals surface area contributed by atoms with Crippen LogP contribution in [0.5, 0.6) is 0 Å². The second kappa shape index (κ2) is 12.1. The summed E-state index contributed by atoms with van der Waals surface area (Å²) in [5, 5.41) is 6.20. The van der Waals surface area contributed by atoms with Crippen LogP contribution in [-0.4, -0.2) is 15.0 Å². The summed E-state index contributed by atoms with van der Waals surface area (Å²) in [6, 6.07) is 60.4. The van der Waals surface area contributed by atoms with Crippen LogP contribution in [0, 0.1) is 0 Å². The van der Waals surface area contributed by atoms with Gasteiger partial charge in [-0.15, -0.1) is 0 Å². The number of rotatable bonds is 5. The van der Waals surface area contributed by atoms with E-state index in [1.807, 2.05) is 42.5 Å². The lowest BCUT2D eigenvalue weighted by Crippen LogP contribution is -2.01. The largest absolute Gasteiger partial charge is 0.456 e. The highest BCUT2D eigenvalue weighted by atomic mass is 16.3. The summed E-state index contributed by atoms with van der Waals surface area (Å²) in [6.45, 7) is 0. The van der Waals surface area contributed by atoms with E-state index in [0.29, 0.717) is 17.5 Å². The van der Waals surface area contributed by atoms with Gasteiger partial charge in [0.1, 0.15) is 22.3 Å². The Balaban J connectivity index is 1.18. The Labute approximate surface area is 309 Å². The predicted molar refractivity (Wildman–Crippen MR) is 219 cm³/mol. The van der Waals surface area contributed by atoms with Crippen LogP contribution in [0.4, 0.5) is 0 Å². The number of hydrogen-bond acceptors (Lipinski definition) is 5. The summed E-state index contributed by atoms with van der Waals surface area (Å²) in [4.78, 5) is 15.7. The smallest absolute Gasteiger partial charge is 0.164 e. The molecule has 0 atom stereocenters. The minimum absolute atomic E-state index is 0.564. The monoisotopic (exact) mass is 691 g/mol. The molecule has 0 saturated carbocycles. The maximum Gasteiger partial charge on any atom is 0.164 e. The van der Waals surface area contributed by atoms with E-state index in [1.54, 1.807) is 0 Å². The van der Waals surface area contributed by atoms with E-state index in [1.165, 1.54) is 0 Å². The molecule has 5 nitrogen and oxygen atoms in total. The summed E-state index contributed by atoms with van der Waals surface area (Å²) in [6.07, 6.45) is 0. The number of para-hydroxylation sites is 1. The van der Waals surface area contributed by atoms with Gasteiger partial charge in [0.25, 0.3) is 0 Å². The standard InChI is InChI=1S/C49H29N3O2/c1-3-13-30(14-4-1)32-17-11-18-33(27-32)47-50-48(34-25-26-38-37-20-9-10-23-42(37)53-44(38)28-34)52-49(51-47)40-29-41-45-35(31-15-5-2-6-16-31)22-12-24-43(45)54-46(41)39-21-8-7-19-36(39)40/h1-29H. The van der Waals surface area contributed by atoms with Gasteiger partial charge in [-0.3, -0.25) is 0 Å². The van der Waals surface area contributed by atoms with Crippen LogP contribution in [0.3, 0.4) is 0 Å². The van der Waals surface area contributed by atoms with Gasteiger partial charge < -0.3 is 8.83 Å². The second-order valence-electron chi connectivity index (χ2n) is 13.6. The van der Waals surface area contributed by atoms with Gasteiger partial charge in [0, 0.05) is 43.6 Å². The Hall–Kier alpha value is -7.37. The van der Waals surface area contributed by atoms with Crippen molar-refractivity contribution in [3.63, 3.8) is 0 Å². The summed E-state index contributed by atoms with van der Waals surface area (Å²) < 4.78 is 13.0. The second-order valence-corrected chi connectivity index (χ2v) is 13.6. The zero-order chi connectivity index (χ0) is 35.6. The molecule has 0 saturated heterocycles. The van der Waals surface area contributed by atoms with Crippen LogP contribution >= 0.6 is 0 Å². The van der Waals surface area contributed by atoms with Gasteiger partial charge in [-0.25, -0.2) is 15.0 Å². The summed E-state index contributed by atoms with van der Waals surface area (Å²) in [5.41, 5.74) is 10.4. The van der Waals surface area contributed by atoms with E-state index < -0.39 is 0 Å². The molecular formula is C49H29N3O2. The van der Waals surface area contributed by atoms with E-state index in [9.17, 15) is 0 Å². The molecule has 0 radical (unpaired) electrons. The van der Waals surface area contributed by atoms with Crippen molar-refractivity contribution in [1.82, 2.24) is 15.0 Å². The fraction of sp³-hybridized carbons (Fsp3) is 0. The quantitative estimate of drug-likeness (QED) is 0.180. The number of nitrogens with zero attached hydrogens (tertiary/aromatic N) is 3. The highest BCUT2D eigenvalue weighted by molar-refractivity contribution is 6.22. The molecule has 3 aromatic heterocycles. The molecule has 5 heteroatoms. The minimum atomic E-state index is 0.564. The zero-order valence-corrected chi connectivity index (χ0v) is 28.9. The summed E-state index contributed by atoms with van der Waals surface area (Å²) >= 11 is 0. The first-order valence-corrected chi connectivity index (χ1v) is 18.0. The first kappa shape index (κ1) is 30.3. The Morgan fingerprint density at radius 2 is 0.889 bits per heavy atom. The van der Waals surface area contributed by atoms with Crippen molar-refractivity contribution >= 4 is 54.6 Å². The molecule has 3 heterocycles. The molecule has 0 amide bonds. The van der Waals surface area contributed by atoms with Crippen molar-refractivity contribution in [3.8, 4) is 56.4 Å². The van der Waals surface area contributed by atoms with Gasteiger partial charge in [-0.2, -0.15) is 0 Å². The topological polar surface area (TPSA) is 65.0 Å². The third-order valence-electron chi connectivity index (χ3n) is 10.3. The third kappa shape index (κ3) is 4.90. The Morgan fingerprint density at radius 1 is 0.296 bits per heavy atom. The maximum absolute atomic E-state index is 6.66. The molecule has 0 spiro atoms. The molecule has 8 aromatic carbocycles. The van der Waals surface area contributed by atoms with Gasteiger partial charge in [0.05, 0.1) is 0 Å². The molecule has 0 fully saturated rings. The van der Waals surface area contributed by atoms with Crippen molar-refractivity contribution in [2.24, 2.45) is 0 Å². The molecule has 0 aliphatic heterocycles. The summed E-state index contributed by atoms with van der Waals surface area (Å²) in [7, 11) is 0. The van der Waals surface area contributed by atoms with Gasteiger partial charge >= 0.3 is 0 Å². The number of hydrogen-bond donors (Lipinski definition) is 0. The fourth-order valence-corrected chi connectivity index (χ4v) is 7.78. The molecule has 0 bridgehead atoms. The van der Waals surface area contributed by atoms with E-state index in [-0.39, 0.29) is 0 Å². The lowest BCUT2D eigenvalue weighted by atomic mass is 9.96. The van der Waals surface area contributed by atoms with E-state index in [2.05, 4.69) is 133 Å². The maximum atomic E-state index is 6.66. The highest BCUT2D eigenvalue weighted by Crippen LogP contribution is 2.43. The average molecular weight is 692 g/mol. The Morgan fingerprint density at radius 3 is 1.70 bits per heavy atom. The number of benzene rings is 8. The third-order valence-corrected chi connectivity index (χ3v) is 10.3. The fourth-order valence-electron chi connectivity index (χ4n) is 7.78. The highest BCUT2D eigenvalue weighted by Gasteiger charge is 2.21. The molecule has 0 aliphatic rings. The van der Waals surface area contributed by atoms with Crippen molar-refractivity contribution < 1.29 is 8.83 Å². The molecule has 11 aromatic rings. The van der Waals surface area contributed by atoms with Crippen LogP contribution in [0.25, 0.3) is 111 Å². The van der Waals surface area contributed by atoms with Crippen molar-refractivity contribution in [2.75, 3.05) is 0 Å². The van der Waals surface area contributed by atoms with E-state index in [4.69, 9.17) is 23.8 Å². The lowest BCUT2D eigenvalue weighted by molar-refractivity contribution is 0.669. The van der Waals surface area contributed by atoms with Crippen molar-refractivity contribution in [3.05, 3.63) is 176 Å². The SMILES string of the molecule is c1ccc(-c2cccc(-c3nc(-c4ccc5c(c4)oc4ccccc45)nc(-c4cc5c(oc6cccc(-c7ccccc7)c65)c5ccccc45)n3)c2)cc1. The Bertz CT molecular complexity index is 3220. The first-order valence-electron chi connectivity index (χ1n) is 18.0. The molecule has 0 N–H and O–H groups in total. The first-order chi connectivity index (χ1) is 26.7. The number of fused-ring (bicyclic) bond motifs is 8. The molecule has 0 aliphatic carbocycles. The molecular weight excluding hydrogens is 663 g/mol. The van der Waals surface area contributed by atoms with E-state index >= 15 is 0 Å². The average Bonchev–Trinajstić information content (AvgIpc) is 3.82. The molecule has 252 valence electrons. The number of furan rings is 2. The van der Waals surface area contributed by atoms with Crippen molar-refractivity contribution in [2.45, 2.75) is 0 Å². The zero-order valence-electron chi connectivity index (χ0n) is 28.9. The van der Waals surface area contributed by atoms with Crippen LogP contribution in [0.1, 0.15) is 0 Å². The van der Waals surface area contributed by atoms with Gasteiger partial charge in [0.15, 0.2) is 17.5 Å². The lowest BCUT2D eigenvalue weighted by Gasteiger charge is -2.12. The molecule has 11 rings (SSSR count). The van der Waals surface area contributed by atoms with Crippen LogP contribution in [0.2, 0.25) is 0 Å². The van der Waals surface area contributed by atoms with Crippen LogP contribution < -0.4 is 0 Å². The van der Waals surface area contributed by atoms with Crippen molar-refractivity contribution in [1.29, 1.82) is 0 Å². The van der Waals surface area contributed by atoms with Gasteiger partial charge in [-0.05, 0) is 64.0 Å². The molecule has 54 heavy (non-hydrogen) atoms. The van der Waals surface area contributed by atoms with Crippen LogP contribution in [-0.2, 0) is 0 Å². The number of aromatic nitrogens is 3. The van der Waals surface area contributed by atoms with Crippen LogP contribution in [0.15, 0.2) is 185 Å².